The molecule has 1 radical (unpaired) electrons. The predicted molar refractivity (Wildman–Crippen MR) is 212 cm³/mol. The first-order valence-corrected chi connectivity index (χ1v) is 17.5. The molecule has 0 amide bonds. The number of aromatic nitrogens is 3. The Bertz CT molecular complexity index is 2540. The number of benzene rings is 4. The SMILES string of the molecule is Cc1cc2c(ccc3c4cc[c-]c(-c5cc(CC(C)(C)C)c(C)cn5)c4oc23)cn1.Cc1cnc(-c2[c-]cc(C)c(-c3ccccc3)c2)cc1C.[Ir]. The molecule has 0 spiro atoms. The van der Waals surface area contributed by atoms with Crippen LogP contribution < -0.4 is 0 Å². The molecule has 0 unspecified atom stereocenters. The summed E-state index contributed by atoms with van der Waals surface area (Å²) in [4.78, 5) is 13.7. The van der Waals surface area contributed by atoms with Crippen LogP contribution in [0.15, 0.2) is 108 Å². The predicted octanol–water partition coefficient (Wildman–Crippen LogP) is 12.3. The van der Waals surface area contributed by atoms with Crippen molar-refractivity contribution in [3.63, 3.8) is 0 Å². The number of hydrogen-bond donors (Lipinski definition) is 0. The van der Waals surface area contributed by atoms with Crippen LogP contribution in [0.2, 0.25) is 0 Å². The monoisotopic (exact) mass is 858 g/mol. The van der Waals surface area contributed by atoms with Crippen molar-refractivity contribution in [3.8, 4) is 33.6 Å². The fourth-order valence-corrected chi connectivity index (χ4v) is 6.59. The summed E-state index contributed by atoms with van der Waals surface area (Å²) in [6.45, 7) is 17.3. The van der Waals surface area contributed by atoms with Crippen LogP contribution in [0.5, 0.6) is 0 Å². The molecule has 0 aliphatic carbocycles. The van der Waals surface area contributed by atoms with E-state index in [1.54, 1.807) is 0 Å². The molecule has 0 saturated carbocycles. The van der Waals surface area contributed by atoms with E-state index in [0.29, 0.717) is 0 Å². The molecule has 0 N–H and O–H groups in total. The fraction of sp³-hybridized carbons (Fsp3) is 0.213. The number of pyridine rings is 3. The van der Waals surface area contributed by atoms with E-state index < -0.39 is 0 Å². The molecule has 0 aliphatic rings. The summed E-state index contributed by atoms with van der Waals surface area (Å²) in [6.07, 6.45) is 6.81. The number of aryl methyl sites for hydroxylation is 5. The quantitative estimate of drug-likeness (QED) is 0.165. The van der Waals surface area contributed by atoms with E-state index in [9.17, 15) is 0 Å². The molecule has 4 aromatic heterocycles. The molecule has 8 aromatic rings. The van der Waals surface area contributed by atoms with Crippen molar-refractivity contribution < 1.29 is 24.5 Å². The van der Waals surface area contributed by atoms with Crippen molar-refractivity contribution in [1.82, 2.24) is 15.0 Å². The second kappa shape index (κ2) is 14.9. The molecule has 8 rings (SSSR count). The second-order valence-electron chi connectivity index (χ2n) is 14.9. The minimum atomic E-state index is 0. The normalized spacial score (nSPS) is 11.4. The van der Waals surface area contributed by atoms with Crippen molar-refractivity contribution in [3.05, 3.63) is 149 Å². The first kappa shape index (κ1) is 36.8. The Kier molecular flexibility index (Phi) is 10.6. The zero-order chi connectivity index (χ0) is 35.9. The molecule has 0 saturated heterocycles. The third-order valence-corrected chi connectivity index (χ3v) is 9.52. The third-order valence-electron chi connectivity index (χ3n) is 9.52. The van der Waals surface area contributed by atoms with Gasteiger partial charge in [-0.2, -0.15) is 0 Å². The average molecular weight is 858 g/mol. The largest absolute Gasteiger partial charge is 0.500 e. The topological polar surface area (TPSA) is 51.8 Å². The molecule has 4 aromatic carbocycles. The van der Waals surface area contributed by atoms with Crippen LogP contribution in [-0.4, -0.2) is 15.0 Å². The van der Waals surface area contributed by atoms with Crippen molar-refractivity contribution >= 4 is 32.7 Å². The van der Waals surface area contributed by atoms with Crippen molar-refractivity contribution in [2.45, 2.75) is 61.8 Å². The Morgan fingerprint density at radius 2 is 1.37 bits per heavy atom. The number of hydrogen-bond acceptors (Lipinski definition) is 4. The van der Waals surface area contributed by atoms with Crippen molar-refractivity contribution in [2.24, 2.45) is 5.41 Å². The maximum Gasteiger partial charge on any atom is 0.128 e. The maximum absolute atomic E-state index is 6.48. The van der Waals surface area contributed by atoms with Gasteiger partial charge in [-0.1, -0.05) is 110 Å². The number of furan rings is 1. The Morgan fingerprint density at radius 3 is 2.12 bits per heavy atom. The van der Waals surface area contributed by atoms with Crippen LogP contribution in [-0.2, 0) is 26.5 Å². The van der Waals surface area contributed by atoms with Crippen LogP contribution in [0.4, 0.5) is 0 Å². The molecule has 0 bridgehead atoms. The van der Waals surface area contributed by atoms with Gasteiger partial charge in [-0.15, -0.1) is 47.5 Å². The summed E-state index contributed by atoms with van der Waals surface area (Å²) in [5.74, 6) is 0. The van der Waals surface area contributed by atoms with Crippen LogP contribution in [0.25, 0.3) is 66.4 Å². The first-order chi connectivity index (χ1) is 24.4. The van der Waals surface area contributed by atoms with E-state index in [1.807, 2.05) is 37.6 Å². The van der Waals surface area contributed by atoms with Gasteiger partial charge in [0.2, 0.25) is 0 Å². The molecule has 0 fully saturated rings. The van der Waals surface area contributed by atoms with Crippen LogP contribution in [0.1, 0.15) is 54.3 Å². The minimum absolute atomic E-state index is 0. The Balaban J connectivity index is 0.000000186. The van der Waals surface area contributed by atoms with Gasteiger partial charge in [-0.25, -0.2) is 0 Å². The summed E-state index contributed by atoms with van der Waals surface area (Å²) in [7, 11) is 0. The van der Waals surface area contributed by atoms with E-state index >= 15 is 0 Å². The minimum Gasteiger partial charge on any atom is -0.500 e. The summed E-state index contributed by atoms with van der Waals surface area (Å²) < 4.78 is 6.48. The Labute approximate surface area is 320 Å². The molecular weight excluding hydrogens is 815 g/mol. The summed E-state index contributed by atoms with van der Waals surface area (Å²) in [5.41, 5.74) is 15.5. The van der Waals surface area contributed by atoms with Crippen LogP contribution in [0, 0.1) is 52.2 Å². The Hall–Kier alpha value is -4.96. The fourth-order valence-electron chi connectivity index (χ4n) is 6.59. The van der Waals surface area contributed by atoms with Gasteiger partial charge in [0.1, 0.15) is 5.58 Å². The number of fused-ring (bicyclic) bond motifs is 5. The first-order valence-electron chi connectivity index (χ1n) is 17.5. The van der Waals surface area contributed by atoms with Crippen LogP contribution in [0.3, 0.4) is 0 Å². The number of nitrogens with zero attached hydrogens (tertiary/aromatic N) is 3. The van der Waals surface area contributed by atoms with Gasteiger partial charge in [-0.3, -0.25) is 4.98 Å². The smallest absolute Gasteiger partial charge is 0.128 e. The molecule has 0 aliphatic heterocycles. The van der Waals surface area contributed by atoms with Gasteiger partial charge >= 0.3 is 0 Å². The molecular formula is C47H43IrN3O-2. The van der Waals surface area contributed by atoms with Crippen LogP contribution >= 0.6 is 0 Å². The van der Waals surface area contributed by atoms with E-state index in [0.717, 1.165) is 67.3 Å². The van der Waals surface area contributed by atoms with Gasteiger partial charge in [-0.05, 0) is 73.7 Å². The van der Waals surface area contributed by atoms with E-state index in [1.165, 1.54) is 38.9 Å². The van der Waals surface area contributed by atoms with E-state index in [4.69, 9.17) is 9.40 Å². The summed E-state index contributed by atoms with van der Waals surface area (Å²) >= 11 is 0. The summed E-state index contributed by atoms with van der Waals surface area (Å²) in [6, 6.07) is 36.1. The average Bonchev–Trinajstić information content (AvgIpc) is 3.50. The molecule has 4 heterocycles. The van der Waals surface area contributed by atoms with E-state index in [-0.39, 0.29) is 25.5 Å². The zero-order valence-electron chi connectivity index (χ0n) is 31.1. The molecule has 5 heteroatoms. The maximum atomic E-state index is 6.48. The van der Waals surface area contributed by atoms with Gasteiger partial charge in [0.15, 0.2) is 0 Å². The van der Waals surface area contributed by atoms with Gasteiger partial charge in [0, 0.05) is 60.5 Å². The molecule has 263 valence electrons. The molecule has 52 heavy (non-hydrogen) atoms. The Morgan fingerprint density at radius 1 is 0.635 bits per heavy atom. The van der Waals surface area contributed by atoms with Gasteiger partial charge in [0.05, 0.1) is 5.58 Å². The third kappa shape index (κ3) is 7.62. The van der Waals surface area contributed by atoms with Crippen molar-refractivity contribution in [1.29, 1.82) is 0 Å². The van der Waals surface area contributed by atoms with Gasteiger partial charge in [0.25, 0.3) is 0 Å². The molecule has 4 nitrogen and oxygen atoms in total. The second-order valence-corrected chi connectivity index (χ2v) is 14.9. The van der Waals surface area contributed by atoms with E-state index in [2.05, 4.69) is 143 Å². The zero-order valence-corrected chi connectivity index (χ0v) is 33.5. The van der Waals surface area contributed by atoms with Crippen molar-refractivity contribution in [2.75, 3.05) is 0 Å². The standard InChI is InChI=1S/C27H25N2O.C20H18N.Ir/c1-16-14-29-24(12-19(16)13-27(3,4)5)22-8-6-7-20-21-10-9-18-15-28-17(2)11-23(18)26(21)30-25(20)22;1-14-9-10-18(20-11-15(2)16(3)13-21-20)12-19(14)17-7-5-4-6-8-17;/h6-7,9-12,14-15H,13H2,1-5H3;4-9,11-13H,1-3H3;/q2*-1;. The summed E-state index contributed by atoms with van der Waals surface area (Å²) in [5, 5.41) is 4.38. The molecule has 0 atom stereocenters. The number of rotatable bonds is 4. The van der Waals surface area contributed by atoms with Gasteiger partial charge < -0.3 is 14.4 Å².